The van der Waals surface area contributed by atoms with Gasteiger partial charge in [0.1, 0.15) is 0 Å². The maximum Gasteiger partial charge on any atom is 0.305 e. The molecule has 158 valence electrons. The van der Waals surface area contributed by atoms with Crippen LogP contribution in [-0.2, 0) is 9.53 Å². The summed E-state index contributed by atoms with van der Waals surface area (Å²) in [4.78, 5) is 21.4. The Morgan fingerprint density at radius 1 is 1.00 bits per heavy atom. The number of benzene rings is 2. The van der Waals surface area contributed by atoms with Crippen molar-refractivity contribution in [3.05, 3.63) is 64.4 Å². The molecule has 1 aliphatic rings. The lowest BCUT2D eigenvalue weighted by Gasteiger charge is -2.20. The Morgan fingerprint density at radius 2 is 1.60 bits per heavy atom. The summed E-state index contributed by atoms with van der Waals surface area (Å²) in [7, 11) is 0. The van der Waals surface area contributed by atoms with Gasteiger partial charge in [0.25, 0.3) is 5.91 Å². The second kappa shape index (κ2) is 9.16. The van der Waals surface area contributed by atoms with Crippen LogP contribution in [0, 0.1) is 20.8 Å². The summed E-state index contributed by atoms with van der Waals surface area (Å²) >= 11 is 0. The SMILES string of the molecule is CCN1C(=O)C(=Cc2ccc(N(CC)CC)cc2)OC1=Nc1c(C)cc(C)cc1C. The van der Waals surface area contributed by atoms with E-state index in [4.69, 9.17) is 9.73 Å². The number of anilines is 1. The van der Waals surface area contributed by atoms with Crippen LogP contribution in [0.2, 0.25) is 0 Å². The van der Waals surface area contributed by atoms with Crippen LogP contribution in [0.25, 0.3) is 6.08 Å². The fraction of sp³-hybridized carbons (Fsp3) is 0.360. The average molecular weight is 406 g/mol. The molecule has 3 rings (SSSR count). The Bertz CT molecular complexity index is 963. The van der Waals surface area contributed by atoms with E-state index in [1.165, 1.54) is 11.3 Å². The first-order valence-electron chi connectivity index (χ1n) is 10.6. The second-order valence-corrected chi connectivity index (χ2v) is 7.57. The number of carbonyl (C=O) groups excluding carboxylic acids is 1. The minimum absolute atomic E-state index is 0.161. The lowest BCUT2D eigenvalue weighted by Crippen LogP contribution is -2.29. The van der Waals surface area contributed by atoms with Gasteiger partial charge in [0.05, 0.1) is 5.69 Å². The summed E-state index contributed by atoms with van der Waals surface area (Å²) in [5.74, 6) is 0.139. The highest BCUT2D eigenvalue weighted by atomic mass is 16.5. The lowest BCUT2D eigenvalue weighted by molar-refractivity contribution is -0.122. The van der Waals surface area contributed by atoms with Gasteiger partial charge in [0.15, 0.2) is 5.76 Å². The van der Waals surface area contributed by atoms with E-state index >= 15 is 0 Å². The van der Waals surface area contributed by atoms with Crippen molar-refractivity contribution in [2.75, 3.05) is 24.5 Å². The van der Waals surface area contributed by atoms with E-state index in [0.717, 1.165) is 35.5 Å². The Morgan fingerprint density at radius 3 is 2.13 bits per heavy atom. The van der Waals surface area contributed by atoms with Crippen molar-refractivity contribution in [1.29, 1.82) is 0 Å². The molecule has 0 radical (unpaired) electrons. The number of aryl methyl sites for hydroxylation is 3. The molecule has 0 atom stereocenters. The summed E-state index contributed by atoms with van der Waals surface area (Å²) < 4.78 is 5.92. The topological polar surface area (TPSA) is 45.1 Å². The molecule has 30 heavy (non-hydrogen) atoms. The van der Waals surface area contributed by atoms with E-state index in [2.05, 4.69) is 49.9 Å². The predicted octanol–water partition coefficient (Wildman–Crippen LogP) is 5.37. The van der Waals surface area contributed by atoms with Gasteiger partial charge < -0.3 is 9.64 Å². The van der Waals surface area contributed by atoms with E-state index in [0.29, 0.717) is 18.3 Å². The van der Waals surface area contributed by atoms with Gasteiger partial charge in [-0.2, -0.15) is 4.99 Å². The molecule has 0 aromatic heterocycles. The number of likely N-dealkylation sites (N-methyl/N-ethyl adjacent to an activating group) is 1. The van der Waals surface area contributed by atoms with Crippen LogP contribution in [0.1, 0.15) is 43.0 Å². The van der Waals surface area contributed by atoms with Crippen LogP contribution in [0.15, 0.2) is 47.1 Å². The smallest absolute Gasteiger partial charge is 0.305 e. The lowest BCUT2D eigenvalue weighted by atomic mass is 10.1. The molecule has 0 N–H and O–H groups in total. The molecule has 1 heterocycles. The van der Waals surface area contributed by atoms with Gasteiger partial charge in [-0.25, -0.2) is 0 Å². The molecule has 5 heteroatoms. The number of carbonyl (C=O) groups is 1. The van der Waals surface area contributed by atoms with E-state index in [1.54, 1.807) is 11.0 Å². The number of ether oxygens (including phenoxy) is 1. The van der Waals surface area contributed by atoms with Crippen LogP contribution in [0.3, 0.4) is 0 Å². The molecule has 2 aromatic rings. The zero-order valence-electron chi connectivity index (χ0n) is 18.8. The highest BCUT2D eigenvalue weighted by Crippen LogP contribution is 2.28. The van der Waals surface area contributed by atoms with Crippen LogP contribution in [0.5, 0.6) is 0 Å². The van der Waals surface area contributed by atoms with Gasteiger partial charge in [-0.1, -0.05) is 29.8 Å². The molecule has 0 spiro atoms. The summed E-state index contributed by atoms with van der Waals surface area (Å²) in [6.07, 6.45) is 1.79. The normalized spacial score (nSPS) is 16.5. The minimum Gasteiger partial charge on any atom is -0.419 e. The monoisotopic (exact) mass is 405 g/mol. The van der Waals surface area contributed by atoms with E-state index < -0.39 is 0 Å². The third kappa shape index (κ3) is 4.40. The van der Waals surface area contributed by atoms with Gasteiger partial charge in [0, 0.05) is 25.3 Å². The first-order valence-corrected chi connectivity index (χ1v) is 10.6. The molecule has 1 saturated heterocycles. The molecule has 1 aliphatic heterocycles. The number of hydrogen-bond donors (Lipinski definition) is 0. The van der Waals surface area contributed by atoms with Gasteiger partial charge >= 0.3 is 6.02 Å². The molecule has 2 aromatic carbocycles. The summed E-state index contributed by atoms with van der Waals surface area (Å²) in [6, 6.07) is 12.7. The molecular formula is C25H31N3O2. The molecular weight excluding hydrogens is 374 g/mol. The number of rotatable bonds is 6. The Labute approximate surface area is 179 Å². The Kier molecular flexibility index (Phi) is 6.60. The fourth-order valence-corrected chi connectivity index (χ4v) is 3.84. The third-order valence-electron chi connectivity index (χ3n) is 5.37. The average Bonchev–Trinajstić information content (AvgIpc) is 3.01. The molecule has 1 fully saturated rings. The van der Waals surface area contributed by atoms with Crippen molar-refractivity contribution in [3.63, 3.8) is 0 Å². The Balaban J connectivity index is 1.91. The molecule has 0 bridgehead atoms. The summed E-state index contributed by atoms with van der Waals surface area (Å²) in [5.41, 5.74) is 6.27. The quantitative estimate of drug-likeness (QED) is 0.607. The van der Waals surface area contributed by atoms with Crippen LogP contribution in [-0.4, -0.2) is 36.5 Å². The minimum atomic E-state index is -0.161. The molecule has 5 nitrogen and oxygen atoms in total. The van der Waals surface area contributed by atoms with Crippen molar-refractivity contribution in [3.8, 4) is 0 Å². The predicted molar refractivity (Wildman–Crippen MR) is 124 cm³/mol. The van der Waals surface area contributed by atoms with Crippen molar-refractivity contribution in [1.82, 2.24) is 4.90 Å². The van der Waals surface area contributed by atoms with Gasteiger partial charge in [0.2, 0.25) is 0 Å². The largest absolute Gasteiger partial charge is 0.419 e. The highest BCUT2D eigenvalue weighted by Gasteiger charge is 2.34. The van der Waals surface area contributed by atoms with E-state index in [1.807, 2.05) is 32.9 Å². The summed E-state index contributed by atoms with van der Waals surface area (Å²) in [6.45, 7) is 14.7. The molecule has 0 aliphatic carbocycles. The van der Waals surface area contributed by atoms with Crippen LogP contribution < -0.4 is 4.90 Å². The summed E-state index contributed by atoms with van der Waals surface area (Å²) in [5, 5.41) is 0. The molecule has 0 saturated carbocycles. The van der Waals surface area contributed by atoms with Crippen LogP contribution in [0.4, 0.5) is 11.4 Å². The van der Waals surface area contributed by atoms with Gasteiger partial charge in [-0.15, -0.1) is 0 Å². The van der Waals surface area contributed by atoms with Gasteiger partial charge in [-0.3, -0.25) is 9.69 Å². The van der Waals surface area contributed by atoms with Crippen molar-refractivity contribution in [2.24, 2.45) is 4.99 Å². The molecule has 0 unspecified atom stereocenters. The van der Waals surface area contributed by atoms with Crippen molar-refractivity contribution in [2.45, 2.75) is 41.5 Å². The third-order valence-corrected chi connectivity index (χ3v) is 5.37. The number of amides is 1. The van der Waals surface area contributed by atoms with E-state index in [-0.39, 0.29) is 5.91 Å². The number of aliphatic imine (C=N–C) groups is 1. The standard InChI is InChI=1S/C25H31N3O2/c1-7-27(8-2)21-12-10-20(11-13-21)16-22-24(29)28(9-3)25(30-22)26-23-18(5)14-17(4)15-19(23)6/h10-16H,7-9H2,1-6H3. The maximum atomic E-state index is 12.9. The fourth-order valence-electron chi connectivity index (χ4n) is 3.84. The zero-order chi connectivity index (χ0) is 21.8. The zero-order valence-corrected chi connectivity index (χ0v) is 18.8. The van der Waals surface area contributed by atoms with Crippen LogP contribution >= 0.6 is 0 Å². The maximum absolute atomic E-state index is 12.9. The number of hydrogen-bond acceptors (Lipinski definition) is 4. The first-order chi connectivity index (χ1) is 14.4. The first kappa shape index (κ1) is 21.6. The van der Waals surface area contributed by atoms with Gasteiger partial charge in [-0.05, 0) is 76.4 Å². The van der Waals surface area contributed by atoms with Crippen molar-refractivity contribution < 1.29 is 9.53 Å². The second-order valence-electron chi connectivity index (χ2n) is 7.57. The molecule has 1 amide bonds. The van der Waals surface area contributed by atoms with Crippen molar-refractivity contribution >= 4 is 29.4 Å². The number of amidine groups is 1. The Hall–Kier alpha value is -3.08. The number of nitrogens with zero attached hydrogens (tertiary/aromatic N) is 3. The van der Waals surface area contributed by atoms with E-state index in [9.17, 15) is 4.79 Å². The highest BCUT2D eigenvalue weighted by molar-refractivity contribution is 6.11.